The Labute approximate surface area is 226 Å². The van der Waals surface area contributed by atoms with Crippen molar-refractivity contribution in [3.8, 4) is 23.0 Å². The van der Waals surface area contributed by atoms with E-state index in [4.69, 9.17) is 18.9 Å². The van der Waals surface area contributed by atoms with Crippen molar-refractivity contribution >= 4 is 29.0 Å². The number of benzene rings is 2. The number of ether oxygens (including phenoxy) is 4. The van der Waals surface area contributed by atoms with Gasteiger partial charge >= 0.3 is 6.03 Å². The summed E-state index contributed by atoms with van der Waals surface area (Å²) in [7, 11) is 3.10. The van der Waals surface area contributed by atoms with Gasteiger partial charge in [-0.15, -0.1) is 11.3 Å². The summed E-state index contributed by atoms with van der Waals surface area (Å²) in [6.07, 6.45) is 0. The maximum Gasteiger partial charge on any atom is 0.322 e. The number of carbonyl (C=O) groups is 2. The van der Waals surface area contributed by atoms with Crippen molar-refractivity contribution in [3.05, 3.63) is 64.4 Å². The van der Waals surface area contributed by atoms with E-state index in [0.717, 1.165) is 10.4 Å². The van der Waals surface area contributed by atoms with Gasteiger partial charge in [0.15, 0.2) is 11.5 Å². The molecule has 2 heterocycles. The molecule has 0 saturated carbocycles. The molecule has 3 amide bonds. The third-order valence-electron chi connectivity index (χ3n) is 5.89. The van der Waals surface area contributed by atoms with Crippen molar-refractivity contribution in [1.82, 2.24) is 9.80 Å². The van der Waals surface area contributed by atoms with Gasteiger partial charge < -0.3 is 34.1 Å². The van der Waals surface area contributed by atoms with Gasteiger partial charge in [-0.05, 0) is 35.1 Å². The Morgan fingerprint density at radius 1 is 0.974 bits per heavy atom. The Hall–Kier alpha value is -3.92. The topological polar surface area (TPSA) is 89.6 Å². The highest BCUT2D eigenvalue weighted by Crippen LogP contribution is 2.33. The molecule has 0 aliphatic carbocycles. The lowest BCUT2D eigenvalue weighted by atomic mass is 10.1. The maximum atomic E-state index is 13.7. The molecular weight excluding hydrogens is 506 g/mol. The Morgan fingerprint density at radius 3 is 2.37 bits per heavy atom. The van der Waals surface area contributed by atoms with Crippen molar-refractivity contribution < 1.29 is 28.5 Å². The first-order chi connectivity index (χ1) is 18.3. The van der Waals surface area contributed by atoms with Crippen LogP contribution in [0.4, 0.5) is 10.5 Å². The van der Waals surface area contributed by atoms with Gasteiger partial charge in [0, 0.05) is 41.9 Å². The van der Waals surface area contributed by atoms with Crippen LogP contribution in [0.1, 0.15) is 24.3 Å². The molecule has 2 aromatic carbocycles. The van der Waals surface area contributed by atoms with Crippen LogP contribution in [-0.4, -0.2) is 55.8 Å². The van der Waals surface area contributed by atoms with Crippen LogP contribution in [0.15, 0.2) is 53.9 Å². The fourth-order valence-electron chi connectivity index (χ4n) is 4.09. The molecule has 1 aliphatic heterocycles. The molecule has 0 unspecified atom stereocenters. The fourth-order valence-corrected chi connectivity index (χ4v) is 4.81. The van der Waals surface area contributed by atoms with Gasteiger partial charge in [-0.3, -0.25) is 4.79 Å². The lowest BCUT2D eigenvalue weighted by Crippen LogP contribution is -2.45. The number of carbonyl (C=O) groups excluding carboxylic acids is 2. The molecule has 10 heteroatoms. The van der Waals surface area contributed by atoms with Gasteiger partial charge in [0.1, 0.15) is 18.0 Å². The van der Waals surface area contributed by atoms with E-state index in [0.29, 0.717) is 48.3 Å². The largest absolute Gasteiger partial charge is 0.497 e. The molecule has 9 nitrogen and oxygen atoms in total. The van der Waals surface area contributed by atoms with Crippen LogP contribution >= 0.6 is 11.3 Å². The highest BCUT2D eigenvalue weighted by molar-refractivity contribution is 7.09. The number of anilines is 1. The molecular formula is C28H33N3O6S. The number of nitrogens with zero attached hydrogens (tertiary/aromatic N) is 2. The van der Waals surface area contributed by atoms with Crippen LogP contribution in [0.3, 0.4) is 0 Å². The lowest BCUT2D eigenvalue weighted by Gasteiger charge is -2.29. The summed E-state index contributed by atoms with van der Waals surface area (Å²) in [5.41, 5.74) is 1.44. The molecule has 0 spiro atoms. The van der Waals surface area contributed by atoms with Gasteiger partial charge in [-0.2, -0.15) is 0 Å². The molecule has 1 aromatic heterocycles. The number of amides is 3. The number of hydrogen-bond acceptors (Lipinski definition) is 7. The number of nitrogens with one attached hydrogen (secondary N) is 1. The average molecular weight is 540 g/mol. The van der Waals surface area contributed by atoms with E-state index < -0.39 is 0 Å². The van der Waals surface area contributed by atoms with Crippen LogP contribution in [-0.2, 0) is 17.9 Å². The standard InChI is InChI=1S/C28H33N3O6S/c1-19(2)14-31(28(33)29-21-11-22(34-3)13-23(12-21)35-4)17-27(32)30(16-24-6-5-9-38-24)15-20-7-8-25-26(10-20)37-18-36-25/h5-13,19H,14-18H2,1-4H3,(H,29,33). The van der Waals surface area contributed by atoms with Gasteiger partial charge in [0.05, 0.1) is 20.8 Å². The summed E-state index contributed by atoms with van der Waals surface area (Å²) in [5, 5.41) is 4.88. The molecule has 0 saturated heterocycles. The minimum atomic E-state index is -0.374. The summed E-state index contributed by atoms with van der Waals surface area (Å²) in [4.78, 5) is 31.4. The zero-order valence-electron chi connectivity index (χ0n) is 22.1. The van der Waals surface area contributed by atoms with Crippen molar-refractivity contribution in [3.63, 3.8) is 0 Å². The van der Waals surface area contributed by atoms with Crippen LogP contribution < -0.4 is 24.3 Å². The molecule has 202 valence electrons. The molecule has 1 aliphatic rings. The Bertz CT molecular complexity index is 1230. The van der Waals surface area contributed by atoms with E-state index in [9.17, 15) is 9.59 Å². The number of thiophene rings is 1. The molecule has 3 aromatic rings. The SMILES string of the molecule is COc1cc(NC(=O)N(CC(=O)N(Cc2ccc3c(c2)OCO3)Cc2cccs2)CC(C)C)cc(OC)c1. The minimum Gasteiger partial charge on any atom is -0.497 e. The first kappa shape index (κ1) is 27.1. The van der Waals surface area contributed by atoms with Gasteiger partial charge in [-0.1, -0.05) is 26.0 Å². The van der Waals surface area contributed by atoms with E-state index >= 15 is 0 Å². The number of methoxy groups -OCH3 is 2. The molecule has 0 fully saturated rings. The van der Waals surface area contributed by atoms with E-state index in [2.05, 4.69) is 5.32 Å². The van der Waals surface area contributed by atoms with Gasteiger partial charge in [-0.25, -0.2) is 4.79 Å². The van der Waals surface area contributed by atoms with Crippen LogP contribution in [0, 0.1) is 5.92 Å². The van der Waals surface area contributed by atoms with E-state index in [1.54, 1.807) is 53.6 Å². The number of hydrogen-bond donors (Lipinski definition) is 1. The third kappa shape index (κ3) is 7.10. The number of urea groups is 1. The Balaban J connectivity index is 1.52. The van der Waals surface area contributed by atoms with E-state index in [1.165, 1.54) is 0 Å². The zero-order chi connectivity index (χ0) is 27.1. The van der Waals surface area contributed by atoms with Crippen LogP contribution in [0.2, 0.25) is 0 Å². The normalized spacial score (nSPS) is 11.8. The fraction of sp³-hybridized carbons (Fsp3) is 0.357. The monoisotopic (exact) mass is 539 g/mol. The summed E-state index contributed by atoms with van der Waals surface area (Å²) >= 11 is 1.59. The molecule has 0 atom stereocenters. The number of rotatable bonds is 11. The molecule has 4 rings (SSSR count). The summed E-state index contributed by atoms with van der Waals surface area (Å²) < 4.78 is 21.6. The second-order valence-electron chi connectivity index (χ2n) is 9.32. The second kappa shape index (κ2) is 12.6. The maximum absolute atomic E-state index is 13.7. The van der Waals surface area contributed by atoms with Crippen LogP contribution in [0.25, 0.3) is 0 Å². The van der Waals surface area contributed by atoms with E-state index in [1.807, 2.05) is 49.6 Å². The summed E-state index contributed by atoms with van der Waals surface area (Å²) in [6.45, 7) is 5.36. The third-order valence-corrected chi connectivity index (χ3v) is 6.75. The summed E-state index contributed by atoms with van der Waals surface area (Å²) in [5.74, 6) is 2.47. The highest BCUT2D eigenvalue weighted by Gasteiger charge is 2.24. The van der Waals surface area contributed by atoms with Crippen molar-refractivity contribution in [1.29, 1.82) is 0 Å². The number of fused-ring (bicyclic) bond motifs is 1. The molecule has 38 heavy (non-hydrogen) atoms. The van der Waals surface area contributed by atoms with Gasteiger partial charge in [0.2, 0.25) is 12.7 Å². The summed E-state index contributed by atoms with van der Waals surface area (Å²) in [6, 6.07) is 14.4. The second-order valence-corrected chi connectivity index (χ2v) is 10.4. The molecule has 0 radical (unpaired) electrons. The Kier molecular flexibility index (Phi) is 8.96. The Morgan fingerprint density at radius 2 is 1.71 bits per heavy atom. The smallest absolute Gasteiger partial charge is 0.322 e. The van der Waals surface area contributed by atoms with Crippen LogP contribution in [0.5, 0.6) is 23.0 Å². The lowest BCUT2D eigenvalue weighted by molar-refractivity contribution is -0.133. The minimum absolute atomic E-state index is 0.0684. The molecule has 0 bridgehead atoms. The predicted molar refractivity (Wildman–Crippen MR) is 146 cm³/mol. The van der Waals surface area contributed by atoms with Crippen molar-refractivity contribution in [2.45, 2.75) is 26.9 Å². The average Bonchev–Trinajstić information content (AvgIpc) is 3.59. The first-order valence-corrected chi connectivity index (χ1v) is 13.2. The predicted octanol–water partition coefficient (Wildman–Crippen LogP) is 5.21. The first-order valence-electron chi connectivity index (χ1n) is 12.3. The zero-order valence-corrected chi connectivity index (χ0v) is 22.9. The van der Waals surface area contributed by atoms with Gasteiger partial charge in [0.25, 0.3) is 0 Å². The quantitative estimate of drug-likeness (QED) is 0.360. The van der Waals surface area contributed by atoms with Crippen molar-refractivity contribution in [2.24, 2.45) is 5.92 Å². The molecule has 1 N–H and O–H groups in total. The van der Waals surface area contributed by atoms with E-state index in [-0.39, 0.29) is 31.2 Å². The van der Waals surface area contributed by atoms with Crippen molar-refractivity contribution in [2.75, 3.05) is 39.4 Å². The highest BCUT2D eigenvalue weighted by atomic mass is 32.1.